The second kappa shape index (κ2) is 6.93. The van der Waals surface area contributed by atoms with Gasteiger partial charge in [0.25, 0.3) is 10.0 Å². The first-order valence-electron chi connectivity index (χ1n) is 7.83. The van der Waals surface area contributed by atoms with E-state index in [1.54, 1.807) is 0 Å². The second-order valence-corrected chi connectivity index (χ2v) is 7.70. The van der Waals surface area contributed by atoms with Crippen molar-refractivity contribution in [1.82, 2.24) is 0 Å². The SMILES string of the molecule is O=[N+]([O-])c1cc(S(=O)(=O)Nc2ccc(OC(F)(F)F)cc2)c(C2CC2)cc1F. The Morgan fingerprint density at radius 2 is 1.75 bits per heavy atom. The summed E-state index contributed by atoms with van der Waals surface area (Å²) in [4.78, 5) is 9.47. The lowest BCUT2D eigenvalue weighted by molar-refractivity contribution is -0.387. The van der Waals surface area contributed by atoms with Crippen LogP contribution in [0.2, 0.25) is 0 Å². The fourth-order valence-corrected chi connectivity index (χ4v) is 3.94. The highest BCUT2D eigenvalue weighted by Crippen LogP contribution is 2.44. The molecule has 28 heavy (non-hydrogen) atoms. The zero-order valence-corrected chi connectivity index (χ0v) is 14.7. The molecule has 0 heterocycles. The Labute approximate surface area is 156 Å². The van der Waals surface area contributed by atoms with Gasteiger partial charge in [-0.05, 0) is 54.7 Å². The van der Waals surface area contributed by atoms with E-state index in [9.17, 15) is 36.1 Å². The van der Waals surface area contributed by atoms with Crippen molar-refractivity contribution in [1.29, 1.82) is 0 Å². The third kappa shape index (κ3) is 4.50. The Bertz CT molecular complexity index is 1020. The van der Waals surface area contributed by atoms with E-state index < -0.39 is 43.5 Å². The number of nitrogens with zero attached hydrogens (tertiary/aromatic N) is 1. The van der Waals surface area contributed by atoms with E-state index in [0.717, 1.165) is 30.3 Å². The zero-order valence-electron chi connectivity index (χ0n) is 13.9. The van der Waals surface area contributed by atoms with Gasteiger partial charge in [0, 0.05) is 11.8 Å². The lowest BCUT2D eigenvalue weighted by Gasteiger charge is -2.13. The van der Waals surface area contributed by atoms with E-state index in [1.807, 2.05) is 0 Å². The van der Waals surface area contributed by atoms with Gasteiger partial charge in [0.1, 0.15) is 5.75 Å². The van der Waals surface area contributed by atoms with Crippen molar-refractivity contribution in [2.45, 2.75) is 30.0 Å². The molecule has 12 heteroatoms. The van der Waals surface area contributed by atoms with Gasteiger partial charge in [-0.15, -0.1) is 13.2 Å². The molecular weight excluding hydrogens is 408 g/mol. The number of ether oxygens (including phenoxy) is 1. The Balaban J connectivity index is 1.92. The molecule has 0 saturated heterocycles. The van der Waals surface area contributed by atoms with Crippen LogP contribution in [-0.4, -0.2) is 19.7 Å². The van der Waals surface area contributed by atoms with Gasteiger partial charge in [-0.2, -0.15) is 4.39 Å². The lowest BCUT2D eigenvalue weighted by atomic mass is 10.1. The number of halogens is 4. The predicted octanol–water partition coefficient (Wildman–Crippen LogP) is 4.31. The quantitative estimate of drug-likeness (QED) is 0.427. The number of anilines is 1. The van der Waals surface area contributed by atoms with Crippen LogP contribution < -0.4 is 9.46 Å². The van der Waals surface area contributed by atoms with Crippen LogP contribution in [0.1, 0.15) is 24.3 Å². The molecule has 0 spiro atoms. The smallest absolute Gasteiger partial charge is 0.406 e. The molecule has 1 aliphatic carbocycles. The fraction of sp³-hybridized carbons (Fsp3) is 0.250. The summed E-state index contributed by atoms with van der Waals surface area (Å²) in [5, 5.41) is 11.0. The number of benzene rings is 2. The Hall–Kier alpha value is -2.89. The van der Waals surface area contributed by atoms with Gasteiger partial charge in [-0.25, -0.2) is 8.42 Å². The van der Waals surface area contributed by atoms with Gasteiger partial charge in [0.2, 0.25) is 5.82 Å². The number of hydrogen-bond donors (Lipinski definition) is 1. The summed E-state index contributed by atoms with van der Waals surface area (Å²) in [6.45, 7) is 0. The number of rotatable bonds is 6. The zero-order chi connectivity index (χ0) is 20.7. The van der Waals surface area contributed by atoms with Crippen molar-refractivity contribution in [3.63, 3.8) is 0 Å². The van der Waals surface area contributed by atoms with Gasteiger partial charge in [0.05, 0.1) is 9.82 Å². The molecule has 1 fully saturated rings. The second-order valence-electron chi connectivity index (χ2n) is 6.05. The standard InChI is InChI=1S/C16H12F4N2O5S/c17-13-7-12(9-1-2-9)15(8-14(13)22(23)24)28(25,26)21-10-3-5-11(6-4-10)27-16(18,19)20/h3-9,21H,1-2H2. The maximum absolute atomic E-state index is 13.9. The third-order valence-electron chi connectivity index (χ3n) is 3.92. The van der Waals surface area contributed by atoms with Gasteiger partial charge in [-0.3, -0.25) is 14.8 Å². The van der Waals surface area contributed by atoms with Gasteiger partial charge in [0.15, 0.2) is 0 Å². The van der Waals surface area contributed by atoms with Crippen LogP contribution in [0, 0.1) is 15.9 Å². The average Bonchev–Trinajstić information content (AvgIpc) is 3.39. The van der Waals surface area contributed by atoms with Crippen molar-refractivity contribution in [2.75, 3.05) is 4.72 Å². The highest BCUT2D eigenvalue weighted by atomic mass is 32.2. The molecule has 1 saturated carbocycles. The molecule has 2 aromatic carbocycles. The fourth-order valence-electron chi connectivity index (χ4n) is 2.58. The predicted molar refractivity (Wildman–Crippen MR) is 89.0 cm³/mol. The van der Waals surface area contributed by atoms with Crippen LogP contribution in [0.15, 0.2) is 41.3 Å². The Kier molecular flexibility index (Phi) is 4.91. The molecule has 3 rings (SSSR count). The first-order chi connectivity index (χ1) is 13.0. The largest absolute Gasteiger partial charge is 0.573 e. The van der Waals surface area contributed by atoms with Crippen LogP contribution in [0.3, 0.4) is 0 Å². The maximum atomic E-state index is 13.9. The monoisotopic (exact) mass is 420 g/mol. The van der Waals surface area contributed by atoms with Crippen molar-refractivity contribution in [3.8, 4) is 5.75 Å². The number of nitrogens with one attached hydrogen (secondary N) is 1. The number of sulfonamides is 1. The summed E-state index contributed by atoms with van der Waals surface area (Å²) in [5.74, 6) is -1.92. The van der Waals surface area contributed by atoms with E-state index in [1.165, 1.54) is 0 Å². The van der Waals surface area contributed by atoms with E-state index in [-0.39, 0.29) is 17.2 Å². The molecule has 1 aliphatic rings. The number of alkyl halides is 3. The molecule has 0 atom stereocenters. The van der Waals surface area contributed by atoms with E-state index >= 15 is 0 Å². The summed E-state index contributed by atoms with van der Waals surface area (Å²) in [5.41, 5.74) is -0.963. The summed E-state index contributed by atoms with van der Waals surface area (Å²) in [6.07, 6.45) is -3.67. The van der Waals surface area contributed by atoms with Gasteiger partial charge >= 0.3 is 12.0 Å². The molecule has 0 unspecified atom stereocenters. The summed E-state index contributed by atoms with van der Waals surface area (Å²) in [7, 11) is -4.35. The third-order valence-corrected chi connectivity index (χ3v) is 5.36. The molecule has 1 N–H and O–H groups in total. The Morgan fingerprint density at radius 1 is 1.14 bits per heavy atom. The van der Waals surface area contributed by atoms with E-state index in [4.69, 9.17) is 0 Å². The number of nitro benzene ring substituents is 1. The van der Waals surface area contributed by atoms with E-state index in [2.05, 4.69) is 9.46 Å². The summed E-state index contributed by atoms with van der Waals surface area (Å²) in [6, 6.07) is 5.36. The molecule has 7 nitrogen and oxygen atoms in total. The van der Waals surface area contributed by atoms with Crippen molar-refractivity contribution >= 4 is 21.4 Å². The molecule has 0 bridgehead atoms. The normalized spacial score (nSPS) is 14.6. The minimum Gasteiger partial charge on any atom is -0.406 e. The Morgan fingerprint density at radius 3 is 2.25 bits per heavy atom. The molecule has 150 valence electrons. The van der Waals surface area contributed by atoms with Gasteiger partial charge < -0.3 is 4.74 Å². The van der Waals surface area contributed by atoms with Gasteiger partial charge in [-0.1, -0.05) is 0 Å². The molecular formula is C16H12F4N2O5S. The highest BCUT2D eigenvalue weighted by molar-refractivity contribution is 7.92. The van der Waals surface area contributed by atoms with Crippen molar-refractivity contribution in [3.05, 3.63) is 57.9 Å². The molecule has 2 aromatic rings. The first-order valence-corrected chi connectivity index (χ1v) is 9.31. The van der Waals surface area contributed by atoms with Crippen LogP contribution >= 0.6 is 0 Å². The van der Waals surface area contributed by atoms with E-state index in [0.29, 0.717) is 18.9 Å². The molecule has 0 amide bonds. The summed E-state index contributed by atoms with van der Waals surface area (Å²) < 4.78 is 81.6. The first kappa shape index (κ1) is 19.9. The molecule has 0 aliphatic heterocycles. The van der Waals surface area contributed by atoms with Crippen LogP contribution in [0.25, 0.3) is 0 Å². The van der Waals surface area contributed by atoms with Crippen molar-refractivity contribution in [2.24, 2.45) is 0 Å². The summed E-state index contributed by atoms with van der Waals surface area (Å²) >= 11 is 0. The number of nitro groups is 1. The average molecular weight is 420 g/mol. The topological polar surface area (TPSA) is 98.5 Å². The number of hydrogen-bond acceptors (Lipinski definition) is 5. The van der Waals surface area contributed by atoms with Crippen molar-refractivity contribution < 1.29 is 35.6 Å². The lowest BCUT2D eigenvalue weighted by Crippen LogP contribution is -2.17. The molecule has 0 radical (unpaired) electrons. The minimum absolute atomic E-state index is 0.0942. The maximum Gasteiger partial charge on any atom is 0.573 e. The highest BCUT2D eigenvalue weighted by Gasteiger charge is 2.34. The van der Waals surface area contributed by atoms with Crippen LogP contribution in [0.4, 0.5) is 28.9 Å². The van der Waals surface area contributed by atoms with Crippen LogP contribution in [0.5, 0.6) is 5.75 Å². The minimum atomic E-state index is -4.90. The van der Waals surface area contributed by atoms with Crippen LogP contribution in [-0.2, 0) is 10.0 Å². The molecule has 0 aromatic heterocycles.